The van der Waals surface area contributed by atoms with Gasteiger partial charge in [0.25, 0.3) is 12.3 Å². The van der Waals surface area contributed by atoms with Crippen LogP contribution in [0.2, 0.25) is 0 Å². The zero-order valence-electron chi connectivity index (χ0n) is 17.6. The van der Waals surface area contributed by atoms with Crippen LogP contribution in [0.5, 0.6) is 0 Å². The van der Waals surface area contributed by atoms with E-state index in [-0.39, 0.29) is 24.0 Å². The third-order valence-corrected chi connectivity index (χ3v) is 4.64. The van der Waals surface area contributed by atoms with Gasteiger partial charge < -0.3 is 19.9 Å². The smallest absolute Gasteiger partial charge is 0.407 e. The van der Waals surface area contributed by atoms with Crippen LogP contribution in [0.4, 0.5) is 23.7 Å². The van der Waals surface area contributed by atoms with Crippen LogP contribution in [-0.4, -0.2) is 44.6 Å². The van der Waals surface area contributed by atoms with Crippen molar-refractivity contribution in [2.24, 2.45) is 0 Å². The van der Waals surface area contributed by atoms with E-state index in [9.17, 15) is 22.8 Å². The van der Waals surface area contributed by atoms with Crippen molar-refractivity contribution in [2.75, 3.05) is 11.9 Å². The molecule has 0 atom stereocenters. The first-order valence-corrected chi connectivity index (χ1v) is 9.86. The first-order valence-electron chi connectivity index (χ1n) is 9.86. The predicted molar refractivity (Wildman–Crippen MR) is 112 cm³/mol. The zero-order chi connectivity index (χ0) is 24.2. The van der Waals surface area contributed by atoms with Crippen LogP contribution >= 0.6 is 0 Å². The molecule has 0 aliphatic heterocycles. The molecule has 0 radical (unpaired) electrons. The molecule has 0 aliphatic rings. The molecule has 2 amide bonds. The van der Waals surface area contributed by atoms with Crippen LogP contribution in [0.1, 0.15) is 21.9 Å². The van der Waals surface area contributed by atoms with Gasteiger partial charge >= 0.3 is 6.09 Å². The monoisotopic (exact) mass is 474 g/mol. The number of benzene rings is 1. The number of aromatic nitrogens is 4. The van der Waals surface area contributed by atoms with E-state index >= 15 is 0 Å². The lowest BCUT2D eigenvalue weighted by atomic mass is 10.1. The maximum Gasteiger partial charge on any atom is 0.407 e. The van der Waals surface area contributed by atoms with Gasteiger partial charge in [-0.25, -0.2) is 22.9 Å². The number of carbonyl (C=O) groups excluding carboxylic acids is 2. The summed E-state index contributed by atoms with van der Waals surface area (Å²) in [6.07, 6.45) is -1.31. The third kappa shape index (κ3) is 5.14. The Balaban J connectivity index is 1.46. The number of anilines is 1. The maximum atomic E-state index is 13.6. The van der Waals surface area contributed by atoms with Gasteiger partial charge in [0, 0.05) is 17.4 Å². The fourth-order valence-electron chi connectivity index (χ4n) is 2.99. The molecular formula is C21H17F3N6O4. The number of fused-ring (bicyclic) bond motifs is 1. The van der Waals surface area contributed by atoms with Crippen LogP contribution in [0.25, 0.3) is 17.0 Å². The number of pyridine rings is 1. The Hall–Kier alpha value is -4.42. The molecule has 0 aliphatic carbocycles. The number of hydrogen-bond acceptors (Lipinski definition) is 7. The summed E-state index contributed by atoms with van der Waals surface area (Å²) in [5, 5.41) is 8.80. The van der Waals surface area contributed by atoms with E-state index in [0.29, 0.717) is 16.9 Å². The van der Waals surface area contributed by atoms with Gasteiger partial charge in [0.2, 0.25) is 11.7 Å². The van der Waals surface area contributed by atoms with Crippen molar-refractivity contribution >= 4 is 23.3 Å². The summed E-state index contributed by atoms with van der Waals surface area (Å²) < 4.78 is 48.4. The van der Waals surface area contributed by atoms with Crippen LogP contribution in [-0.2, 0) is 11.3 Å². The molecule has 34 heavy (non-hydrogen) atoms. The average Bonchev–Trinajstić information content (AvgIpc) is 3.44. The van der Waals surface area contributed by atoms with Crippen molar-refractivity contribution in [2.45, 2.75) is 19.9 Å². The molecule has 176 valence electrons. The Bertz CT molecular complexity index is 1350. The fraction of sp³-hybridized carbons (Fsp3) is 0.190. The van der Waals surface area contributed by atoms with E-state index in [1.807, 2.05) is 0 Å². The Labute approximate surface area is 189 Å². The largest absolute Gasteiger partial charge is 0.443 e. The fourth-order valence-corrected chi connectivity index (χ4v) is 2.99. The average molecular weight is 474 g/mol. The van der Waals surface area contributed by atoms with Gasteiger partial charge in [-0.05, 0) is 30.7 Å². The second-order valence-corrected chi connectivity index (χ2v) is 7.06. The molecule has 0 spiro atoms. The molecular weight excluding hydrogens is 457 g/mol. The highest BCUT2D eigenvalue weighted by Gasteiger charge is 2.16. The Morgan fingerprint density at radius 3 is 2.85 bits per heavy atom. The van der Waals surface area contributed by atoms with Crippen molar-refractivity contribution in [3.63, 3.8) is 0 Å². The molecule has 13 heteroatoms. The lowest BCUT2D eigenvalue weighted by Gasteiger charge is -2.09. The van der Waals surface area contributed by atoms with Gasteiger partial charge in [-0.2, -0.15) is 4.98 Å². The number of nitrogens with zero attached hydrogens (tertiary/aromatic N) is 4. The van der Waals surface area contributed by atoms with Crippen LogP contribution < -0.4 is 10.6 Å². The maximum absolute atomic E-state index is 13.6. The summed E-state index contributed by atoms with van der Waals surface area (Å²) in [4.78, 5) is 32.4. The minimum atomic E-state index is -2.77. The Kier molecular flexibility index (Phi) is 6.43. The summed E-state index contributed by atoms with van der Waals surface area (Å²) in [7, 11) is 0. The highest BCUT2D eigenvalue weighted by atomic mass is 19.3. The van der Waals surface area contributed by atoms with Crippen LogP contribution in [0.15, 0.2) is 47.2 Å². The van der Waals surface area contributed by atoms with Crippen LogP contribution in [0.3, 0.4) is 0 Å². The summed E-state index contributed by atoms with van der Waals surface area (Å²) in [6, 6.07) is 7.76. The quantitative estimate of drug-likeness (QED) is 0.420. The van der Waals surface area contributed by atoms with E-state index < -0.39 is 30.8 Å². The third-order valence-electron chi connectivity index (χ3n) is 4.64. The van der Waals surface area contributed by atoms with Gasteiger partial charge in [-0.1, -0.05) is 17.3 Å². The zero-order valence-corrected chi connectivity index (χ0v) is 17.6. The number of nitrogens with one attached hydrogen (secondary N) is 2. The first-order chi connectivity index (χ1) is 16.3. The van der Waals surface area contributed by atoms with E-state index in [2.05, 4.69) is 30.5 Å². The standard InChI is InChI=1S/C21H17F3N6O4/c1-11-2-3-12(19-28-18(34-29-19)8-26-21(32)33-10-16(23)24)6-14(11)27-20(31)15-7-25-17-5-4-13(22)9-30(15)17/h2-7,9,16H,8,10H2,1H3,(H,26,32)(H,27,31). The molecule has 3 aromatic heterocycles. The molecule has 0 fully saturated rings. The summed E-state index contributed by atoms with van der Waals surface area (Å²) in [6.45, 7) is 0.530. The number of alkyl carbamates (subject to hydrolysis) is 1. The van der Waals surface area contributed by atoms with Gasteiger partial charge in [0.15, 0.2) is 6.61 Å². The van der Waals surface area contributed by atoms with Gasteiger partial charge in [0.1, 0.15) is 23.7 Å². The lowest BCUT2D eigenvalue weighted by Crippen LogP contribution is -2.25. The summed E-state index contributed by atoms with van der Waals surface area (Å²) >= 11 is 0. The minimum absolute atomic E-state index is 0.0166. The molecule has 0 saturated carbocycles. The molecule has 4 rings (SSSR count). The molecule has 2 N–H and O–H groups in total. The molecule has 1 aromatic carbocycles. The van der Waals surface area contributed by atoms with Gasteiger partial charge in [-0.15, -0.1) is 0 Å². The Morgan fingerprint density at radius 1 is 1.24 bits per heavy atom. The van der Waals surface area contributed by atoms with E-state index in [1.165, 1.54) is 28.9 Å². The molecule has 0 bridgehead atoms. The molecule has 0 saturated heterocycles. The Morgan fingerprint density at radius 2 is 2.06 bits per heavy atom. The van der Waals surface area contributed by atoms with Crippen molar-refractivity contribution < 1.29 is 32.0 Å². The van der Waals surface area contributed by atoms with Crippen molar-refractivity contribution in [1.82, 2.24) is 24.8 Å². The number of carbonyl (C=O) groups is 2. The van der Waals surface area contributed by atoms with Gasteiger partial charge in [0.05, 0.1) is 6.20 Å². The number of halogens is 3. The second-order valence-electron chi connectivity index (χ2n) is 7.06. The SMILES string of the molecule is Cc1ccc(-c2noc(CNC(=O)OCC(F)F)n2)cc1NC(=O)c1cnc2ccc(F)cn12. The number of amides is 2. The van der Waals surface area contributed by atoms with Crippen LogP contribution in [0, 0.1) is 12.7 Å². The minimum Gasteiger partial charge on any atom is -0.443 e. The molecule has 3 heterocycles. The number of rotatable bonds is 7. The summed E-state index contributed by atoms with van der Waals surface area (Å²) in [5.41, 5.74) is 2.26. The number of alkyl halides is 2. The number of aryl methyl sites for hydroxylation is 1. The molecule has 10 nitrogen and oxygen atoms in total. The predicted octanol–water partition coefficient (Wildman–Crippen LogP) is 3.58. The highest BCUT2D eigenvalue weighted by Crippen LogP contribution is 2.24. The van der Waals surface area contributed by atoms with E-state index in [1.54, 1.807) is 25.1 Å². The van der Waals surface area contributed by atoms with E-state index in [4.69, 9.17) is 4.52 Å². The number of ether oxygens (including phenoxy) is 1. The van der Waals surface area contributed by atoms with Crippen molar-refractivity contribution in [1.29, 1.82) is 0 Å². The first kappa shape index (κ1) is 22.8. The molecule has 4 aromatic rings. The lowest BCUT2D eigenvalue weighted by molar-refractivity contribution is 0.0484. The number of imidazole rings is 1. The van der Waals surface area contributed by atoms with E-state index in [0.717, 1.165) is 5.56 Å². The normalized spacial score (nSPS) is 11.1. The topological polar surface area (TPSA) is 124 Å². The summed E-state index contributed by atoms with van der Waals surface area (Å²) in [5.74, 6) is -0.825. The number of hydrogen-bond donors (Lipinski definition) is 2. The highest BCUT2D eigenvalue weighted by molar-refractivity contribution is 6.04. The van der Waals surface area contributed by atoms with Crippen molar-refractivity contribution in [3.8, 4) is 11.4 Å². The molecule has 0 unspecified atom stereocenters. The van der Waals surface area contributed by atoms with Crippen molar-refractivity contribution in [3.05, 3.63) is 65.7 Å². The second kappa shape index (κ2) is 9.60. The van der Waals surface area contributed by atoms with Gasteiger partial charge in [-0.3, -0.25) is 9.20 Å².